The second-order valence-corrected chi connectivity index (χ2v) is 5.56. The van der Waals surface area contributed by atoms with E-state index in [1.54, 1.807) is 6.07 Å². The van der Waals surface area contributed by atoms with Gasteiger partial charge in [0.1, 0.15) is 5.56 Å². The van der Waals surface area contributed by atoms with Crippen molar-refractivity contribution < 1.29 is 14.3 Å². The minimum Gasteiger partial charge on any atom is -0.488 e. The molecule has 0 fully saturated rings. The lowest BCUT2D eigenvalue weighted by Gasteiger charge is -2.18. The second-order valence-electron chi connectivity index (χ2n) is 5.15. The first-order chi connectivity index (χ1) is 9.99. The number of carbonyl (C=O) groups excluding carboxylic acids is 1. The van der Waals surface area contributed by atoms with E-state index in [-0.39, 0.29) is 11.7 Å². The van der Waals surface area contributed by atoms with Gasteiger partial charge in [0.15, 0.2) is 5.75 Å². The third kappa shape index (κ3) is 5.46. The molecular formula is C16H24ClNO3. The smallest absolute Gasteiger partial charge is 0.341 e. The number of methoxy groups -OCH3 is 1. The average molecular weight is 314 g/mol. The summed E-state index contributed by atoms with van der Waals surface area (Å²) in [5.74, 6) is -0.155. The monoisotopic (exact) mass is 313 g/mol. The lowest BCUT2D eigenvalue weighted by molar-refractivity contribution is 0.0593. The van der Waals surface area contributed by atoms with E-state index < -0.39 is 5.97 Å². The number of ether oxygens (including phenoxy) is 2. The number of nitrogens with two attached hydrogens (primary N) is 1. The Kier molecular flexibility index (Phi) is 7.37. The van der Waals surface area contributed by atoms with Crippen LogP contribution in [0.4, 0.5) is 5.69 Å². The summed E-state index contributed by atoms with van der Waals surface area (Å²) in [5, 5.41) is 0.329. The van der Waals surface area contributed by atoms with Crippen LogP contribution < -0.4 is 10.5 Å². The molecule has 5 heteroatoms. The van der Waals surface area contributed by atoms with Gasteiger partial charge in [-0.2, -0.15) is 0 Å². The first kappa shape index (κ1) is 17.6. The molecule has 0 bridgehead atoms. The van der Waals surface area contributed by atoms with Gasteiger partial charge in [-0.1, -0.05) is 37.8 Å². The van der Waals surface area contributed by atoms with Crippen LogP contribution in [0.1, 0.15) is 56.3 Å². The highest BCUT2D eigenvalue weighted by Crippen LogP contribution is 2.33. The van der Waals surface area contributed by atoms with E-state index in [0.717, 1.165) is 12.8 Å². The number of benzene rings is 1. The molecular weight excluding hydrogens is 290 g/mol. The van der Waals surface area contributed by atoms with Crippen LogP contribution in [0.25, 0.3) is 0 Å². The van der Waals surface area contributed by atoms with E-state index in [1.807, 2.05) is 6.92 Å². The zero-order chi connectivity index (χ0) is 15.8. The van der Waals surface area contributed by atoms with Crippen LogP contribution in [0.5, 0.6) is 5.75 Å². The number of carbonyl (C=O) groups is 1. The maximum atomic E-state index is 11.8. The first-order valence-electron chi connectivity index (χ1n) is 7.33. The van der Waals surface area contributed by atoms with Crippen LogP contribution >= 0.6 is 11.6 Å². The molecule has 0 heterocycles. The Balaban J connectivity index is 2.79. The number of halogens is 1. The number of hydrogen-bond acceptors (Lipinski definition) is 4. The van der Waals surface area contributed by atoms with E-state index >= 15 is 0 Å². The van der Waals surface area contributed by atoms with E-state index in [4.69, 9.17) is 26.8 Å². The van der Waals surface area contributed by atoms with Gasteiger partial charge in [-0.25, -0.2) is 4.79 Å². The summed E-state index contributed by atoms with van der Waals surface area (Å²) >= 11 is 6.15. The molecule has 0 aromatic heterocycles. The highest BCUT2D eigenvalue weighted by Gasteiger charge is 2.19. The van der Waals surface area contributed by atoms with Gasteiger partial charge in [-0.15, -0.1) is 0 Å². The van der Waals surface area contributed by atoms with E-state index in [2.05, 4.69) is 6.92 Å². The maximum Gasteiger partial charge on any atom is 0.341 e. The van der Waals surface area contributed by atoms with Gasteiger partial charge in [0.25, 0.3) is 0 Å². The van der Waals surface area contributed by atoms with Crippen molar-refractivity contribution in [2.45, 2.75) is 52.1 Å². The molecule has 0 saturated heterocycles. The summed E-state index contributed by atoms with van der Waals surface area (Å²) in [7, 11) is 1.32. The molecule has 0 aliphatic heterocycles. The van der Waals surface area contributed by atoms with Crippen molar-refractivity contribution in [2.24, 2.45) is 0 Å². The van der Waals surface area contributed by atoms with Crippen molar-refractivity contribution in [3.8, 4) is 5.75 Å². The third-order valence-electron chi connectivity index (χ3n) is 3.25. The minimum absolute atomic E-state index is 0.0219. The molecule has 1 rings (SSSR count). The fraction of sp³-hybridized carbons (Fsp3) is 0.562. The number of hydrogen-bond donors (Lipinski definition) is 1. The molecule has 118 valence electrons. The Hall–Kier alpha value is -1.42. The fourth-order valence-corrected chi connectivity index (χ4v) is 2.39. The Labute approximate surface area is 131 Å². The summed E-state index contributed by atoms with van der Waals surface area (Å²) in [6.07, 6.45) is 5.60. The molecule has 0 aliphatic rings. The van der Waals surface area contributed by atoms with Gasteiger partial charge in [0, 0.05) is 5.69 Å². The molecule has 4 nitrogen and oxygen atoms in total. The van der Waals surface area contributed by atoms with Gasteiger partial charge in [-0.05, 0) is 31.9 Å². The summed E-state index contributed by atoms with van der Waals surface area (Å²) in [4.78, 5) is 11.8. The standard InChI is InChI=1S/C16H24ClNO3/c1-4-5-6-7-8-11(2)21-15-13(16(19)20-3)9-12(18)10-14(15)17/h9-11H,4-8,18H2,1-3H3. The third-order valence-corrected chi connectivity index (χ3v) is 3.54. The number of anilines is 1. The summed E-state index contributed by atoms with van der Waals surface area (Å²) < 4.78 is 10.6. The van der Waals surface area contributed by atoms with Gasteiger partial charge in [-0.3, -0.25) is 0 Å². The van der Waals surface area contributed by atoms with Crippen LogP contribution in [0.3, 0.4) is 0 Å². The van der Waals surface area contributed by atoms with Gasteiger partial charge >= 0.3 is 5.97 Å². The molecule has 1 aromatic rings. The molecule has 1 atom stereocenters. The molecule has 0 aliphatic carbocycles. The number of nitrogen functional groups attached to an aromatic ring is 1. The van der Waals surface area contributed by atoms with Crippen molar-refractivity contribution in [1.29, 1.82) is 0 Å². The van der Waals surface area contributed by atoms with Crippen molar-refractivity contribution in [2.75, 3.05) is 12.8 Å². The minimum atomic E-state index is -0.502. The highest BCUT2D eigenvalue weighted by molar-refractivity contribution is 6.33. The number of rotatable bonds is 8. The normalized spacial score (nSPS) is 12.0. The predicted octanol–water partition coefficient (Wildman–Crippen LogP) is 4.45. The van der Waals surface area contributed by atoms with E-state index in [0.29, 0.717) is 16.5 Å². The van der Waals surface area contributed by atoms with Crippen LogP contribution in [-0.4, -0.2) is 19.2 Å². The zero-order valence-electron chi connectivity index (χ0n) is 12.9. The van der Waals surface area contributed by atoms with Gasteiger partial charge in [0.2, 0.25) is 0 Å². The molecule has 0 saturated carbocycles. The molecule has 0 amide bonds. The van der Waals surface area contributed by atoms with Crippen molar-refractivity contribution in [3.63, 3.8) is 0 Å². The summed E-state index contributed by atoms with van der Waals surface area (Å²) in [5.41, 5.74) is 6.39. The van der Waals surface area contributed by atoms with Gasteiger partial charge < -0.3 is 15.2 Å². The Morgan fingerprint density at radius 3 is 2.67 bits per heavy atom. The van der Waals surface area contributed by atoms with E-state index in [1.165, 1.54) is 32.4 Å². The van der Waals surface area contributed by atoms with Gasteiger partial charge in [0.05, 0.1) is 18.2 Å². The summed E-state index contributed by atoms with van der Waals surface area (Å²) in [6.45, 7) is 4.15. The molecule has 0 spiro atoms. The quantitative estimate of drug-likeness (QED) is 0.437. The molecule has 0 radical (unpaired) electrons. The first-order valence-corrected chi connectivity index (χ1v) is 7.71. The van der Waals surface area contributed by atoms with Crippen LogP contribution in [-0.2, 0) is 4.74 Å². The molecule has 1 unspecified atom stereocenters. The second kappa shape index (κ2) is 8.78. The lowest BCUT2D eigenvalue weighted by Crippen LogP contribution is -2.15. The topological polar surface area (TPSA) is 61.5 Å². The number of unbranched alkanes of at least 4 members (excludes halogenated alkanes) is 3. The number of esters is 1. The zero-order valence-corrected chi connectivity index (χ0v) is 13.7. The van der Waals surface area contributed by atoms with E-state index in [9.17, 15) is 4.79 Å². The SMILES string of the molecule is CCCCCCC(C)Oc1c(Cl)cc(N)cc1C(=O)OC. The lowest BCUT2D eigenvalue weighted by atomic mass is 10.1. The largest absolute Gasteiger partial charge is 0.488 e. The highest BCUT2D eigenvalue weighted by atomic mass is 35.5. The molecule has 21 heavy (non-hydrogen) atoms. The fourth-order valence-electron chi connectivity index (χ4n) is 2.11. The molecule has 1 aromatic carbocycles. The van der Waals surface area contributed by atoms with Crippen LogP contribution in [0, 0.1) is 0 Å². The van der Waals surface area contributed by atoms with Crippen molar-refractivity contribution >= 4 is 23.3 Å². The Bertz CT molecular complexity index is 477. The van der Waals surface area contributed by atoms with Crippen LogP contribution in [0.15, 0.2) is 12.1 Å². The Morgan fingerprint density at radius 1 is 1.33 bits per heavy atom. The average Bonchev–Trinajstić information content (AvgIpc) is 2.45. The van der Waals surface area contributed by atoms with Crippen molar-refractivity contribution in [3.05, 3.63) is 22.7 Å². The van der Waals surface area contributed by atoms with Crippen LogP contribution in [0.2, 0.25) is 5.02 Å². The summed E-state index contributed by atoms with van der Waals surface area (Å²) in [6, 6.07) is 3.10. The van der Waals surface area contributed by atoms with Crippen molar-refractivity contribution in [1.82, 2.24) is 0 Å². The maximum absolute atomic E-state index is 11.8. The molecule has 2 N–H and O–H groups in total. The predicted molar refractivity (Wildman–Crippen MR) is 86.1 cm³/mol. The Morgan fingerprint density at radius 2 is 2.05 bits per heavy atom.